The molecular weight excluding hydrogens is 344 g/mol. The molecule has 1 amide bonds. The second kappa shape index (κ2) is 8.95. The third-order valence-electron chi connectivity index (χ3n) is 4.24. The van der Waals surface area contributed by atoms with Gasteiger partial charge in [0.15, 0.2) is 5.96 Å². The molecule has 0 aliphatic heterocycles. The van der Waals surface area contributed by atoms with Crippen LogP contribution in [0, 0.1) is 13.8 Å². The summed E-state index contributed by atoms with van der Waals surface area (Å²) in [5.41, 5.74) is 15.8. The normalized spacial score (nSPS) is 12.5. The van der Waals surface area contributed by atoms with Crippen molar-refractivity contribution in [2.45, 2.75) is 32.9 Å². The first-order chi connectivity index (χ1) is 12.8. The average Bonchev–Trinajstić information content (AvgIpc) is 2.63. The molecule has 0 radical (unpaired) electrons. The largest absolute Gasteiger partial charge is 0.480 e. The minimum atomic E-state index is -1.07. The van der Waals surface area contributed by atoms with Crippen molar-refractivity contribution in [2.24, 2.45) is 16.5 Å². The molecule has 1 unspecified atom stereocenters. The minimum Gasteiger partial charge on any atom is -0.480 e. The number of hydrogen-bond acceptors (Lipinski definition) is 3. The van der Waals surface area contributed by atoms with Gasteiger partial charge in [-0.25, -0.2) is 0 Å². The molecule has 6 N–H and O–H groups in total. The molecule has 0 heterocycles. The molecule has 2 rings (SSSR count). The summed E-state index contributed by atoms with van der Waals surface area (Å²) in [5.74, 6) is -1.51. The van der Waals surface area contributed by atoms with E-state index in [9.17, 15) is 9.59 Å². The van der Waals surface area contributed by atoms with Crippen LogP contribution in [0.3, 0.4) is 0 Å². The van der Waals surface area contributed by atoms with Gasteiger partial charge in [0, 0.05) is 12.1 Å². The van der Waals surface area contributed by atoms with Crippen molar-refractivity contribution in [3.8, 4) is 0 Å². The van der Waals surface area contributed by atoms with Crippen LogP contribution in [-0.2, 0) is 17.8 Å². The monoisotopic (exact) mass is 368 g/mol. The number of nitrogens with two attached hydrogens (primary N) is 2. The molecule has 0 spiro atoms. The van der Waals surface area contributed by atoms with E-state index in [4.69, 9.17) is 16.6 Å². The van der Waals surface area contributed by atoms with Crippen molar-refractivity contribution in [2.75, 3.05) is 0 Å². The fourth-order valence-electron chi connectivity index (χ4n) is 2.44. The van der Waals surface area contributed by atoms with Crippen LogP contribution in [0.2, 0.25) is 0 Å². The molecule has 0 fully saturated rings. The van der Waals surface area contributed by atoms with Gasteiger partial charge in [0.2, 0.25) is 0 Å². The van der Waals surface area contributed by atoms with Crippen LogP contribution in [-0.4, -0.2) is 29.0 Å². The Morgan fingerprint density at radius 3 is 2.30 bits per heavy atom. The Labute approximate surface area is 158 Å². The second-order valence-corrected chi connectivity index (χ2v) is 6.42. The summed E-state index contributed by atoms with van der Waals surface area (Å²) in [7, 11) is 0. The Morgan fingerprint density at radius 1 is 1.07 bits per heavy atom. The minimum absolute atomic E-state index is 0.0372. The van der Waals surface area contributed by atoms with Crippen molar-refractivity contribution in [3.63, 3.8) is 0 Å². The molecule has 1 atom stereocenters. The molecule has 0 saturated carbocycles. The smallest absolute Gasteiger partial charge is 0.320 e. The molecule has 0 bridgehead atoms. The number of carboxylic acid groups (broad SMARTS) is 1. The highest BCUT2D eigenvalue weighted by Crippen LogP contribution is 2.10. The maximum Gasteiger partial charge on any atom is 0.320 e. The number of aliphatic imine (C=N–C) groups is 1. The SMILES string of the molecule is Cc1ccc(CNC(N)=NC(=O)c2ccc(CC(N)C(=O)O)cc2)cc1C. The van der Waals surface area contributed by atoms with Gasteiger partial charge in [0.05, 0.1) is 0 Å². The van der Waals surface area contributed by atoms with Gasteiger partial charge < -0.3 is 21.9 Å². The zero-order valence-electron chi connectivity index (χ0n) is 15.4. The standard InChI is InChI=1S/C20H24N4O3/c1-12-3-4-15(9-13(12)2)11-23-20(22)24-18(25)16-7-5-14(6-8-16)10-17(21)19(26)27/h3-9,17H,10-11,21H2,1-2H3,(H,26,27)(H3,22,23,24,25). The number of nitrogens with one attached hydrogen (secondary N) is 1. The van der Waals surface area contributed by atoms with Gasteiger partial charge in [-0.3, -0.25) is 9.59 Å². The molecule has 142 valence electrons. The van der Waals surface area contributed by atoms with Gasteiger partial charge in [-0.2, -0.15) is 4.99 Å². The first-order valence-electron chi connectivity index (χ1n) is 8.52. The summed E-state index contributed by atoms with van der Waals surface area (Å²) in [6, 6.07) is 11.6. The van der Waals surface area contributed by atoms with Crippen molar-refractivity contribution >= 4 is 17.8 Å². The zero-order valence-corrected chi connectivity index (χ0v) is 15.4. The van der Waals surface area contributed by atoms with Crippen LogP contribution in [0.5, 0.6) is 0 Å². The molecule has 27 heavy (non-hydrogen) atoms. The number of carboxylic acids is 1. The number of aryl methyl sites for hydroxylation is 2. The van der Waals surface area contributed by atoms with Gasteiger partial charge in [-0.15, -0.1) is 0 Å². The number of guanidine groups is 1. The van der Waals surface area contributed by atoms with Crippen molar-refractivity contribution in [1.82, 2.24) is 5.32 Å². The quantitative estimate of drug-likeness (QED) is 0.451. The number of hydrogen-bond donors (Lipinski definition) is 4. The topological polar surface area (TPSA) is 131 Å². The highest BCUT2D eigenvalue weighted by Gasteiger charge is 2.12. The third-order valence-corrected chi connectivity index (χ3v) is 4.24. The van der Waals surface area contributed by atoms with Gasteiger partial charge in [0.1, 0.15) is 6.04 Å². The number of benzene rings is 2. The number of carbonyl (C=O) groups excluding carboxylic acids is 1. The van der Waals surface area contributed by atoms with E-state index in [-0.39, 0.29) is 12.4 Å². The molecule has 2 aromatic carbocycles. The number of aliphatic carboxylic acids is 1. The van der Waals surface area contributed by atoms with E-state index < -0.39 is 17.9 Å². The Morgan fingerprint density at radius 2 is 1.70 bits per heavy atom. The second-order valence-electron chi connectivity index (χ2n) is 6.42. The number of nitrogens with zero attached hydrogens (tertiary/aromatic N) is 1. The molecule has 2 aromatic rings. The van der Waals surface area contributed by atoms with E-state index >= 15 is 0 Å². The molecular formula is C20H24N4O3. The summed E-state index contributed by atoms with van der Waals surface area (Å²) in [6.07, 6.45) is 0.187. The van der Waals surface area contributed by atoms with E-state index in [1.165, 1.54) is 11.1 Å². The maximum atomic E-state index is 12.2. The summed E-state index contributed by atoms with van der Waals surface area (Å²) < 4.78 is 0. The van der Waals surface area contributed by atoms with E-state index in [0.717, 1.165) is 11.1 Å². The van der Waals surface area contributed by atoms with Gasteiger partial charge in [-0.1, -0.05) is 30.3 Å². The van der Waals surface area contributed by atoms with Crippen molar-refractivity contribution in [3.05, 3.63) is 70.3 Å². The summed E-state index contributed by atoms with van der Waals surface area (Å²) >= 11 is 0. The van der Waals surface area contributed by atoms with E-state index in [2.05, 4.69) is 16.4 Å². The summed E-state index contributed by atoms with van der Waals surface area (Å²) in [5, 5.41) is 11.8. The van der Waals surface area contributed by atoms with Gasteiger partial charge in [-0.05, 0) is 54.7 Å². The van der Waals surface area contributed by atoms with Crippen LogP contribution in [0.1, 0.15) is 32.6 Å². The highest BCUT2D eigenvalue weighted by molar-refractivity contribution is 6.02. The average molecular weight is 368 g/mol. The Balaban J connectivity index is 1.95. The van der Waals surface area contributed by atoms with Crippen LogP contribution in [0.25, 0.3) is 0 Å². The Bertz CT molecular complexity index is 860. The van der Waals surface area contributed by atoms with E-state index in [1.54, 1.807) is 24.3 Å². The van der Waals surface area contributed by atoms with Crippen LogP contribution in [0.4, 0.5) is 0 Å². The predicted octanol–water partition coefficient (Wildman–Crippen LogP) is 1.50. The lowest BCUT2D eigenvalue weighted by molar-refractivity contribution is -0.138. The van der Waals surface area contributed by atoms with Crippen molar-refractivity contribution < 1.29 is 14.7 Å². The van der Waals surface area contributed by atoms with Crippen LogP contribution in [0.15, 0.2) is 47.5 Å². The van der Waals surface area contributed by atoms with Crippen molar-refractivity contribution in [1.29, 1.82) is 0 Å². The number of amides is 1. The first kappa shape index (κ1) is 20.1. The summed E-state index contributed by atoms with van der Waals surface area (Å²) in [4.78, 5) is 26.8. The van der Waals surface area contributed by atoms with Gasteiger partial charge in [0.25, 0.3) is 5.91 Å². The fraction of sp³-hybridized carbons (Fsp3) is 0.250. The van der Waals surface area contributed by atoms with Crippen LogP contribution < -0.4 is 16.8 Å². The van der Waals surface area contributed by atoms with Gasteiger partial charge >= 0.3 is 5.97 Å². The molecule has 7 nitrogen and oxygen atoms in total. The zero-order chi connectivity index (χ0) is 20.0. The summed E-state index contributed by atoms with van der Waals surface area (Å²) in [6.45, 7) is 4.55. The lowest BCUT2D eigenvalue weighted by Crippen LogP contribution is -2.32. The lowest BCUT2D eigenvalue weighted by Gasteiger charge is -2.08. The van der Waals surface area contributed by atoms with E-state index in [0.29, 0.717) is 12.1 Å². The third kappa shape index (κ3) is 5.93. The predicted molar refractivity (Wildman–Crippen MR) is 104 cm³/mol. The first-order valence-corrected chi connectivity index (χ1v) is 8.52. The molecule has 0 aliphatic rings. The van der Waals surface area contributed by atoms with Crippen LogP contribution >= 0.6 is 0 Å². The maximum absolute atomic E-state index is 12.2. The Kier molecular flexibility index (Phi) is 6.67. The molecule has 0 aromatic heterocycles. The number of carbonyl (C=O) groups is 2. The molecule has 0 saturated heterocycles. The molecule has 0 aliphatic carbocycles. The molecule has 7 heteroatoms. The lowest BCUT2D eigenvalue weighted by atomic mass is 10.0. The fourth-order valence-corrected chi connectivity index (χ4v) is 2.44. The van der Waals surface area contributed by atoms with E-state index in [1.807, 2.05) is 26.0 Å². The number of rotatable bonds is 6. The highest BCUT2D eigenvalue weighted by atomic mass is 16.4. The Hall–Kier alpha value is -3.19.